The number of aryl methyl sites for hydroxylation is 3. The average Bonchev–Trinajstić information content (AvgIpc) is 2.66. The van der Waals surface area contributed by atoms with Gasteiger partial charge in [-0.2, -0.15) is 0 Å². The second-order valence-corrected chi connectivity index (χ2v) is 7.60. The van der Waals surface area contributed by atoms with Crippen molar-refractivity contribution in [2.75, 3.05) is 6.61 Å². The van der Waals surface area contributed by atoms with Crippen LogP contribution < -0.4 is 5.73 Å². The number of halogens is 3. The summed E-state index contributed by atoms with van der Waals surface area (Å²) in [5, 5.41) is 0. The molecular weight excluding hydrogens is 420 g/mol. The van der Waals surface area contributed by atoms with Crippen molar-refractivity contribution in [1.29, 1.82) is 0 Å². The molecule has 0 saturated heterocycles. The molecule has 2 N–H and O–H groups in total. The number of ether oxygens (including phenoxy) is 1. The molecular formula is C25H32ClF2NO2. The van der Waals surface area contributed by atoms with Crippen LogP contribution >= 0.6 is 12.4 Å². The fourth-order valence-electron chi connectivity index (χ4n) is 3.75. The third-order valence-corrected chi connectivity index (χ3v) is 5.19. The van der Waals surface area contributed by atoms with E-state index in [1.807, 2.05) is 19.9 Å². The summed E-state index contributed by atoms with van der Waals surface area (Å²) in [4.78, 5) is 11.8. The summed E-state index contributed by atoms with van der Waals surface area (Å²) in [6, 6.07) is 5.35. The van der Waals surface area contributed by atoms with Crippen LogP contribution in [-0.4, -0.2) is 12.6 Å². The van der Waals surface area contributed by atoms with Crippen LogP contribution in [0.2, 0.25) is 0 Å². The number of carbonyl (C=O) groups excluding carboxylic acids is 1. The summed E-state index contributed by atoms with van der Waals surface area (Å²) in [5.74, 6) is -1.21. The number of hydrogen-bond acceptors (Lipinski definition) is 3. The summed E-state index contributed by atoms with van der Waals surface area (Å²) in [6.07, 6.45) is 5.26. The van der Waals surface area contributed by atoms with Gasteiger partial charge in [-0.05, 0) is 98.5 Å². The van der Waals surface area contributed by atoms with Gasteiger partial charge in [0.2, 0.25) is 0 Å². The van der Waals surface area contributed by atoms with Crippen LogP contribution in [0.1, 0.15) is 60.9 Å². The molecule has 0 aliphatic rings. The SMILES string of the molecule is C=CCCCCc1cc(F)cc(C)c1-c1cc([C@@H](N)CC(=O)OCC)c(F)cc1C.Cl. The van der Waals surface area contributed by atoms with Gasteiger partial charge in [0.25, 0.3) is 0 Å². The van der Waals surface area contributed by atoms with Crippen molar-refractivity contribution in [2.45, 2.75) is 58.9 Å². The minimum absolute atomic E-state index is 0. The maximum Gasteiger partial charge on any atom is 0.307 e. The molecule has 0 fully saturated rings. The van der Waals surface area contributed by atoms with E-state index in [0.717, 1.165) is 47.1 Å². The minimum atomic E-state index is -0.819. The molecule has 0 aliphatic carbocycles. The van der Waals surface area contributed by atoms with Gasteiger partial charge in [-0.25, -0.2) is 8.78 Å². The van der Waals surface area contributed by atoms with Crippen LogP contribution in [0.4, 0.5) is 8.78 Å². The highest BCUT2D eigenvalue weighted by atomic mass is 35.5. The van der Waals surface area contributed by atoms with Gasteiger partial charge >= 0.3 is 5.97 Å². The number of unbranched alkanes of at least 4 members (excludes halogenated alkanes) is 2. The Morgan fingerprint density at radius 3 is 2.52 bits per heavy atom. The Bertz CT molecular complexity index is 915. The number of nitrogens with two attached hydrogens (primary N) is 1. The highest BCUT2D eigenvalue weighted by molar-refractivity contribution is 5.85. The normalized spacial score (nSPS) is 11.5. The van der Waals surface area contributed by atoms with E-state index >= 15 is 0 Å². The second kappa shape index (κ2) is 12.6. The van der Waals surface area contributed by atoms with Gasteiger partial charge in [-0.3, -0.25) is 4.79 Å². The van der Waals surface area contributed by atoms with Crippen molar-refractivity contribution >= 4 is 18.4 Å². The fourth-order valence-corrected chi connectivity index (χ4v) is 3.75. The highest BCUT2D eigenvalue weighted by Crippen LogP contribution is 2.35. The van der Waals surface area contributed by atoms with Crippen LogP contribution in [0.5, 0.6) is 0 Å². The Kier molecular flexibility index (Phi) is 10.9. The zero-order valence-corrected chi connectivity index (χ0v) is 19.3. The lowest BCUT2D eigenvalue weighted by atomic mass is 9.87. The summed E-state index contributed by atoms with van der Waals surface area (Å²) >= 11 is 0. The molecule has 0 spiro atoms. The first-order chi connectivity index (χ1) is 14.3. The van der Waals surface area contributed by atoms with Crippen molar-refractivity contribution in [3.63, 3.8) is 0 Å². The molecule has 6 heteroatoms. The predicted molar refractivity (Wildman–Crippen MR) is 124 cm³/mol. The maximum atomic E-state index is 14.7. The first kappa shape index (κ1) is 26.8. The van der Waals surface area contributed by atoms with Crippen LogP contribution in [0, 0.1) is 25.5 Å². The van der Waals surface area contributed by atoms with Gasteiger partial charge < -0.3 is 10.5 Å². The third-order valence-electron chi connectivity index (χ3n) is 5.19. The topological polar surface area (TPSA) is 52.3 Å². The molecule has 31 heavy (non-hydrogen) atoms. The van der Waals surface area contributed by atoms with Crippen LogP contribution in [0.25, 0.3) is 11.1 Å². The minimum Gasteiger partial charge on any atom is -0.466 e. The fraction of sp³-hybridized carbons (Fsp3) is 0.400. The monoisotopic (exact) mass is 451 g/mol. The lowest BCUT2D eigenvalue weighted by molar-refractivity contribution is -0.143. The van der Waals surface area contributed by atoms with E-state index in [0.29, 0.717) is 6.42 Å². The lowest BCUT2D eigenvalue weighted by Crippen LogP contribution is -2.18. The van der Waals surface area contributed by atoms with E-state index in [1.54, 1.807) is 19.1 Å². The molecule has 1 atom stereocenters. The summed E-state index contributed by atoms with van der Waals surface area (Å²) in [7, 11) is 0. The largest absolute Gasteiger partial charge is 0.466 e. The van der Waals surface area contributed by atoms with E-state index in [9.17, 15) is 13.6 Å². The summed E-state index contributed by atoms with van der Waals surface area (Å²) in [6.45, 7) is 9.37. The van der Waals surface area contributed by atoms with E-state index < -0.39 is 17.8 Å². The molecule has 0 amide bonds. The molecule has 0 bridgehead atoms. The van der Waals surface area contributed by atoms with Crippen LogP contribution in [-0.2, 0) is 16.0 Å². The molecule has 0 aliphatic heterocycles. The molecule has 0 heterocycles. The van der Waals surface area contributed by atoms with E-state index in [4.69, 9.17) is 10.5 Å². The molecule has 2 aromatic carbocycles. The Balaban J connectivity index is 0.00000480. The molecule has 2 aromatic rings. The van der Waals surface area contributed by atoms with Gasteiger partial charge in [0, 0.05) is 11.6 Å². The molecule has 0 radical (unpaired) electrons. The Morgan fingerprint density at radius 1 is 1.16 bits per heavy atom. The van der Waals surface area contributed by atoms with Crippen LogP contribution in [0.15, 0.2) is 36.9 Å². The first-order valence-electron chi connectivity index (χ1n) is 10.4. The predicted octanol–water partition coefficient (Wildman–Crippen LogP) is 6.52. The van der Waals surface area contributed by atoms with E-state index in [2.05, 4.69) is 6.58 Å². The quantitative estimate of drug-likeness (QED) is 0.254. The molecule has 170 valence electrons. The molecule has 0 saturated carbocycles. The number of esters is 1. The van der Waals surface area contributed by atoms with E-state index in [-0.39, 0.29) is 36.8 Å². The first-order valence-corrected chi connectivity index (χ1v) is 10.4. The Morgan fingerprint density at radius 2 is 1.87 bits per heavy atom. The van der Waals surface area contributed by atoms with Crippen molar-refractivity contribution in [3.8, 4) is 11.1 Å². The van der Waals surface area contributed by atoms with Gasteiger partial charge in [0.05, 0.1) is 13.0 Å². The van der Waals surface area contributed by atoms with Crippen molar-refractivity contribution in [1.82, 2.24) is 0 Å². The Hall–Kier alpha value is -2.24. The van der Waals surface area contributed by atoms with Gasteiger partial charge in [0.15, 0.2) is 0 Å². The van der Waals surface area contributed by atoms with E-state index in [1.165, 1.54) is 12.1 Å². The van der Waals surface area contributed by atoms with Crippen molar-refractivity contribution < 1.29 is 18.3 Å². The molecule has 2 rings (SSSR count). The highest BCUT2D eigenvalue weighted by Gasteiger charge is 2.20. The lowest BCUT2D eigenvalue weighted by Gasteiger charge is -2.19. The molecule has 3 nitrogen and oxygen atoms in total. The molecule has 0 unspecified atom stereocenters. The number of rotatable bonds is 10. The standard InChI is InChI=1S/C25H31F2NO2.ClH/c1-5-7-8-9-10-18-13-19(26)11-17(4)25(18)20-14-21(22(27)12-16(20)3)23(28)15-24(29)30-6-2;/h5,11-14,23H,1,6-10,15,28H2,2-4H3;1H/t23-;/m0./s1. The number of carbonyl (C=O) groups is 1. The zero-order valence-electron chi connectivity index (χ0n) is 18.5. The van der Waals surface area contributed by atoms with Crippen LogP contribution in [0.3, 0.4) is 0 Å². The van der Waals surface area contributed by atoms with Gasteiger partial charge in [-0.1, -0.05) is 6.08 Å². The number of allylic oxidation sites excluding steroid dienone is 1. The number of benzene rings is 2. The smallest absolute Gasteiger partial charge is 0.307 e. The Labute approximate surface area is 190 Å². The maximum absolute atomic E-state index is 14.7. The van der Waals surface area contributed by atoms with Crippen molar-refractivity contribution in [2.24, 2.45) is 5.73 Å². The van der Waals surface area contributed by atoms with Crippen molar-refractivity contribution in [3.05, 3.63) is 70.8 Å². The number of hydrogen-bond donors (Lipinski definition) is 1. The summed E-state index contributed by atoms with van der Waals surface area (Å²) in [5.41, 5.74) is 10.5. The summed E-state index contributed by atoms with van der Waals surface area (Å²) < 4.78 is 33.8. The van der Waals surface area contributed by atoms with Gasteiger partial charge in [-0.15, -0.1) is 19.0 Å². The van der Waals surface area contributed by atoms with Gasteiger partial charge in [0.1, 0.15) is 11.6 Å². The third kappa shape index (κ3) is 7.15. The second-order valence-electron chi connectivity index (χ2n) is 7.60. The molecule has 0 aromatic heterocycles. The average molecular weight is 452 g/mol. The zero-order chi connectivity index (χ0) is 22.3.